The molecule has 0 heterocycles. The number of carbonyl (C=O) groups is 1. The van der Waals surface area contributed by atoms with Gasteiger partial charge in [-0.1, -0.05) is 45.1 Å². The number of hydrogen-bond acceptors (Lipinski definition) is 2. The molecular weight excluding hydrogens is 190 g/mol. The summed E-state index contributed by atoms with van der Waals surface area (Å²) in [4.78, 5) is 23.4. The van der Waals surface area contributed by atoms with Crippen LogP contribution in [-0.2, 0) is 9.59 Å². The van der Waals surface area contributed by atoms with Gasteiger partial charge in [0.25, 0.3) is 5.91 Å². The largest absolute Gasteiger partial charge is 0.280 e. The van der Waals surface area contributed by atoms with Gasteiger partial charge in [0.1, 0.15) is 0 Å². The molecule has 15 heavy (non-hydrogen) atoms. The Balaban J connectivity index is 3.30. The third-order valence-corrected chi connectivity index (χ3v) is 2.14. The first-order valence-corrected chi connectivity index (χ1v) is 5.59. The number of isocyanates is 1. The van der Waals surface area contributed by atoms with Crippen LogP contribution < -0.4 is 0 Å². The molecule has 0 saturated carbocycles. The number of amides is 1. The van der Waals surface area contributed by atoms with Crippen molar-refractivity contribution in [2.24, 2.45) is 4.99 Å². The van der Waals surface area contributed by atoms with Crippen molar-refractivity contribution in [1.29, 1.82) is 0 Å². The molecule has 84 valence electrons. The van der Waals surface area contributed by atoms with Crippen LogP contribution in [0.3, 0.4) is 0 Å². The summed E-state index contributed by atoms with van der Waals surface area (Å²) in [6.07, 6.45) is 12.6. The van der Waals surface area contributed by atoms with Crippen LogP contribution in [-0.4, -0.2) is 12.0 Å². The van der Waals surface area contributed by atoms with Crippen molar-refractivity contribution >= 4 is 12.0 Å². The van der Waals surface area contributed by atoms with Gasteiger partial charge in [0.2, 0.25) is 6.08 Å². The van der Waals surface area contributed by atoms with Crippen LogP contribution in [0.25, 0.3) is 0 Å². The summed E-state index contributed by atoms with van der Waals surface area (Å²) in [5.74, 6) is -0.518. The first-order valence-electron chi connectivity index (χ1n) is 5.59. The van der Waals surface area contributed by atoms with Gasteiger partial charge in [-0.3, -0.25) is 4.79 Å². The molecule has 0 aliphatic carbocycles. The van der Waals surface area contributed by atoms with Crippen LogP contribution in [0.15, 0.2) is 17.1 Å². The van der Waals surface area contributed by atoms with Gasteiger partial charge in [-0.15, -0.1) is 4.99 Å². The summed E-state index contributed by atoms with van der Waals surface area (Å²) in [5, 5.41) is 0. The molecule has 0 rings (SSSR count). The highest BCUT2D eigenvalue weighted by Gasteiger charge is 1.90. The van der Waals surface area contributed by atoms with Gasteiger partial charge in [-0.05, 0) is 12.8 Å². The van der Waals surface area contributed by atoms with Gasteiger partial charge in [0, 0.05) is 6.08 Å². The molecule has 0 aliphatic heterocycles. The Morgan fingerprint density at radius 3 is 2.53 bits per heavy atom. The lowest BCUT2D eigenvalue weighted by Gasteiger charge is -1.97. The minimum atomic E-state index is -0.518. The first-order chi connectivity index (χ1) is 7.31. The molecule has 0 radical (unpaired) electrons. The zero-order chi connectivity index (χ0) is 11.4. The second-order valence-electron chi connectivity index (χ2n) is 3.50. The molecule has 0 fully saturated rings. The van der Waals surface area contributed by atoms with Crippen molar-refractivity contribution in [2.75, 3.05) is 0 Å². The number of allylic oxidation sites excluding steroid dienone is 1. The number of hydrogen-bond donors (Lipinski definition) is 0. The van der Waals surface area contributed by atoms with E-state index >= 15 is 0 Å². The second kappa shape index (κ2) is 10.9. The van der Waals surface area contributed by atoms with Crippen molar-refractivity contribution in [1.82, 2.24) is 0 Å². The van der Waals surface area contributed by atoms with Gasteiger partial charge in [-0.2, -0.15) is 0 Å². The number of aliphatic imine (C=N–C) groups is 1. The van der Waals surface area contributed by atoms with E-state index in [4.69, 9.17) is 0 Å². The highest BCUT2D eigenvalue weighted by atomic mass is 16.2. The first kappa shape index (κ1) is 13.8. The van der Waals surface area contributed by atoms with Gasteiger partial charge in [0.15, 0.2) is 0 Å². The molecule has 0 saturated heterocycles. The van der Waals surface area contributed by atoms with Crippen molar-refractivity contribution in [3.63, 3.8) is 0 Å². The van der Waals surface area contributed by atoms with E-state index in [0.29, 0.717) is 0 Å². The fourth-order valence-corrected chi connectivity index (χ4v) is 1.31. The molecule has 0 bridgehead atoms. The lowest BCUT2D eigenvalue weighted by atomic mass is 10.1. The van der Waals surface area contributed by atoms with Crippen LogP contribution in [0.2, 0.25) is 0 Å². The van der Waals surface area contributed by atoms with E-state index in [-0.39, 0.29) is 0 Å². The average molecular weight is 209 g/mol. The minimum absolute atomic E-state index is 0.518. The Bertz CT molecular complexity index is 240. The van der Waals surface area contributed by atoms with E-state index in [2.05, 4.69) is 11.9 Å². The molecule has 3 nitrogen and oxygen atoms in total. The molecule has 0 aromatic carbocycles. The van der Waals surface area contributed by atoms with E-state index < -0.39 is 5.91 Å². The lowest BCUT2D eigenvalue weighted by molar-refractivity contribution is -0.113. The number of unbranched alkanes of at least 4 members (excludes halogenated alkanes) is 6. The zero-order valence-electron chi connectivity index (χ0n) is 9.37. The quantitative estimate of drug-likeness (QED) is 0.267. The molecule has 1 amide bonds. The zero-order valence-corrected chi connectivity index (χ0v) is 9.37. The van der Waals surface area contributed by atoms with E-state index in [1.807, 2.05) is 0 Å². The van der Waals surface area contributed by atoms with E-state index in [1.54, 1.807) is 6.08 Å². The van der Waals surface area contributed by atoms with Crippen LogP contribution in [0, 0.1) is 0 Å². The van der Waals surface area contributed by atoms with E-state index in [9.17, 15) is 9.59 Å². The summed E-state index contributed by atoms with van der Waals surface area (Å²) in [7, 11) is 0. The molecule has 3 heteroatoms. The Morgan fingerprint density at radius 1 is 1.20 bits per heavy atom. The maximum Gasteiger partial charge on any atom is 0.280 e. The maximum atomic E-state index is 10.7. The predicted molar refractivity (Wildman–Crippen MR) is 60.3 cm³/mol. The summed E-state index contributed by atoms with van der Waals surface area (Å²) in [6, 6.07) is 0. The summed E-state index contributed by atoms with van der Waals surface area (Å²) < 4.78 is 0. The molecule has 0 spiro atoms. The van der Waals surface area contributed by atoms with E-state index in [0.717, 1.165) is 12.8 Å². The van der Waals surface area contributed by atoms with Crippen molar-refractivity contribution in [2.45, 2.75) is 51.9 Å². The normalized spacial score (nSPS) is 10.2. The third-order valence-electron chi connectivity index (χ3n) is 2.14. The maximum absolute atomic E-state index is 10.7. The van der Waals surface area contributed by atoms with Crippen LogP contribution in [0.4, 0.5) is 0 Å². The molecule has 0 atom stereocenters. The average Bonchev–Trinajstić information content (AvgIpc) is 2.22. The summed E-state index contributed by atoms with van der Waals surface area (Å²) >= 11 is 0. The fraction of sp³-hybridized carbons (Fsp3) is 0.667. The number of nitrogens with zero attached hydrogens (tertiary/aromatic N) is 1. The Kier molecular flexibility index (Phi) is 9.99. The molecule has 0 aromatic rings. The number of carbonyl (C=O) groups excluding carboxylic acids is 2. The highest BCUT2D eigenvalue weighted by Crippen LogP contribution is 2.06. The Labute approximate surface area is 91.3 Å². The van der Waals surface area contributed by atoms with Crippen LogP contribution >= 0.6 is 0 Å². The SMILES string of the molecule is CCCCCCCC/C=C/C(=O)N=C=O. The Morgan fingerprint density at radius 2 is 1.87 bits per heavy atom. The third kappa shape index (κ3) is 10.7. The van der Waals surface area contributed by atoms with Crippen molar-refractivity contribution in [3.05, 3.63) is 12.2 Å². The smallest absolute Gasteiger partial charge is 0.267 e. The fourth-order valence-electron chi connectivity index (χ4n) is 1.31. The molecule has 0 N–H and O–H groups in total. The topological polar surface area (TPSA) is 46.5 Å². The molecular formula is C12H19NO2. The van der Waals surface area contributed by atoms with Gasteiger partial charge < -0.3 is 0 Å². The molecule has 0 aromatic heterocycles. The highest BCUT2D eigenvalue weighted by molar-refractivity contribution is 5.91. The summed E-state index contributed by atoms with van der Waals surface area (Å²) in [5.41, 5.74) is 0. The van der Waals surface area contributed by atoms with Crippen LogP contribution in [0.5, 0.6) is 0 Å². The lowest BCUT2D eigenvalue weighted by Crippen LogP contribution is -1.84. The van der Waals surface area contributed by atoms with Crippen molar-refractivity contribution < 1.29 is 9.59 Å². The summed E-state index contributed by atoms with van der Waals surface area (Å²) in [6.45, 7) is 2.20. The van der Waals surface area contributed by atoms with Gasteiger partial charge >= 0.3 is 0 Å². The second-order valence-corrected chi connectivity index (χ2v) is 3.50. The van der Waals surface area contributed by atoms with Crippen molar-refractivity contribution in [3.8, 4) is 0 Å². The monoisotopic (exact) mass is 209 g/mol. The molecule has 0 unspecified atom stereocenters. The Hall–Kier alpha value is -1.21. The predicted octanol–water partition coefficient (Wildman–Crippen LogP) is 3.16. The number of rotatable bonds is 8. The van der Waals surface area contributed by atoms with E-state index in [1.165, 1.54) is 44.3 Å². The van der Waals surface area contributed by atoms with Gasteiger partial charge in [0.05, 0.1) is 0 Å². The standard InChI is InChI=1S/C12H19NO2/c1-2-3-4-5-6-7-8-9-10-12(15)13-11-14/h9-10H,2-8H2,1H3/b10-9+. The van der Waals surface area contributed by atoms with Crippen LogP contribution in [0.1, 0.15) is 51.9 Å². The minimum Gasteiger partial charge on any atom is -0.267 e. The van der Waals surface area contributed by atoms with Gasteiger partial charge in [-0.25, -0.2) is 4.79 Å². The molecule has 0 aliphatic rings.